The summed E-state index contributed by atoms with van der Waals surface area (Å²) in [5.41, 5.74) is 5.84. The molecule has 0 radical (unpaired) electrons. The van der Waals surface area contributed by atoms with Gasteiger partial charge in [-0.3, -0.25) is 14.9 Å². The Hall–Kier alpha value is -2.74. The molecular weight excluding hydrogens is 352 g/mol. The molecule has 0 bridgehead atoms. The molecule has 1 aromatic carbocycles. The van der Waals surface area contributed by atoms with E-state index in [0.717, 1.165) is 36.3 Å². The Morgan fingerprint density at radius 2 is 2.00 bits per heavy atom. The molecule has 2 rings (SSSR count). The molecule has 138 valence electrons. The number of aromatic nitrogens is 2. The Labute approximate surface area is 156 Å². The topological polar surface area (TPSA) is 107 Å². The molecular formula is C18H22N4O3S. The molecule has 0 fully saturated rings. The number of hydrogen-bond donors (Lipinski definition) is 2. The Kier molecular flexibility index (Phi) is 7.75. The number of unbranched alkanes of at least 4 members (excludes halogenated alkanes) is 2. The zero-order valence-corrected chi connectivity index (χ0v) is 15.4. The molecule has 1 aromatic heterocycles. The first-order valence-corrected chi connectivity index (χ1v) is 9.21. The summed E-state index contributed by atoms with van der Waals surface area (Å²) in [4.78, 5) is 22.6. The van der Waals surface area contributed by atoms with Crippen LogP contribution in [0.1, 0.15) is 36.8 Å². The Balaban J connectivity index is 1.82. The first kappa shape index (κ1) is 19.6. The standard InChI is InChI=1S/C18H22N4O3S/c1-2-3-4-5-17-21-22-18(26-17)20-16(24)11-8-13-6-9-14(10-7-13)25-12-15(19)23/h6-11H,2-5,12H2,1H3,(H2,19,23)(H,20,22,24)/b11-8+. The van der Waals surface area contributed by atoms with Gasteiger partial charge in [0.2, 0.25) is 11.0 Å². The van der Waals surface area contributed by atoms with Crippen molar-refractivity contribution >= 4 is 34.4 Å². The normalized spacial score (nSPS) is 10.8. The molecule has 0 spiro atoms. The summed E-state index contributed by atoms with van der Waals surface area (Å²) in [5.74, 6) is -0.263. The summed E-state index contributed by atoms with van der Waals surface area (Å²) in [6.45, 7) is 1.99. The van der Waals surface area contributed by atoms with Crippen molar-refractivity contribution in [3.63, 3.8) is 0 Å². The molecule has 7 nitrogen and oxygen atoms in total. The van der Waals surface area contributed by atoms with Gasteiger partial charge in [0, 0.05) is 12.5 Å². The van der Waals surface area contributed by atoms with Crippen LogP contribution in [0.15, 0.2) is 30.3 Å². The molecule has 1 heterocycles. The van der Waals surface area contributed by atoms with Crippen molar-refractivity contribution in [2.24, 2.45) is 5.73 Å². The van der Waals surface area contributed by atoms with Crippen molar-refractivity contribution in [3.8, 4) is 5.75 Å². The van der Waals surface area contributed by atoms with E-state index >= 15 is 0 Å². The molecule has 0 atom stereocenters. The van der Waals surface area contributed by atoms with E-state index in [1.54, 1.807) is 30.3 Å². The average Bonchev–Trinajstić information content (AvgIpc) is 3.06. The van der Waals surface area contributed by atoms with Crippen LogP contribution in [0.4, 0.5) is 5.13 Å². The van der Waals surface area contributed by atoms with Crippen LogP contribution in [0.5, 0.6) is 5.75 Å². The van der Waals surface area contributed by atoms with Crippen LogP contribution in [0.2, 0.25) is 0 Å². The van der Waals surface area contributed by atoms with Gasteiger partial charge in [-0.1, -0.05) is 43.2 Å². The second-order valence-electron chi connectivity index (χ2n) is 5.60. The van der Waals surface area contributed by atoms with Crippen molar-refractivity contribution in [1.82, 2.24) is 10.2 Å². The Morgan fingerprint density at radius 3 is 2.69 bits per heavy atom. The monoisotopic (exact) mass is 374 g/mol. The number of aryl methyl sites for hydroxylation is 1. The highest BCUT2D eigenvalue weighted by molar-refractivity contribution is 7.15. The van der Waals surface area contributed by atoms with Gasteiger partial charge in [0.05, 0.1) is 0 Å². The van der Waals surface area contributed by atoms with Crippen LogP contribution < -0.4 is 15.8 Å². The van der Waals surface area contributed by atoms with Gasteiger partial charge in [-0.2, -0.15) is 0 Å². The van der Waals surface area contributed by atoms with Crippen molar-refractivity contribution in [1.29, 1.82) is 0 Å². The van der Waals surface area contributed by atoms with Crippen molar-refractivity contribution in [2.45, 2.75) is 32.6 Å². The highest BCUT2D eigenvalue weighted by atomic mass is 32.1. The maximum Gasteiger partial charge on any atom is 0.255 e. The van der Waals surface area contributed by atoms with E-state index in [1.165, 1.54) is 17.4 Å². The van der Waals surface area contributed by atoms with Gasteiger partial charge in [0.15, 0.2) is 6.61 Å². The van der Waals surface area contributed by atoms with Crippen LogP contribution in [0.3, 0.4) is 0 Å². The summed E-state index contributed by atoms with van der Waals surface area (Å²) >= 11 is 1.40. The number of anilines is 1. The summed E-state index contributed by atoms with van der Waals surface area (Å²) < 4.78 is 5.17. The third kappa shape index (κ3) is 7.02. The van der Waals surface area contributed by atoms with Crippen molar-refractivity contribution in [2.75, 3.05) is 11.9 Å². The largest absolute Gasteiger partial charge is 0.484 e. The third-order valence-electron chi connectivity index (χ3n) is 3.38. The number of primary amides is 1. The Bertz CT molecular complexity index is 756. The number of nitrogens with two attached hydrogens (primary N) is 1. The van der Waals surface area contributed by atoms with Gasteiger partial charge in [-0.05, 0) is 30.2 Å². The fourth-order valence-corrected chi connectivity index (χ4v) is 2.86. The number of nitrogens with zero attached hydrogens (tertiary/aromatic N) is 2. The third-order valence-corrected chi connectivity index (χ3v) is 4.28. The smallest absolute Gasteiger partial charge is 0.255 e. The van der Waals surface area contributed by atoms with Crippen molar-refractivity contribution in [3.05, 3.63) is 40.9 Å². The molecule has 0 saturated heterocycles. The van der Waals surface area contributed by atoms with Crippen LogP contribution in [-0.4, -0.2) is 28.6 Å². The highest BCUT2D eigenvalue weighted by Crippen LogP contribution is 2.18. The number of amides is 2. The van der Waals surface area contributed by atoms with E-state index in [9.17, 15) is 9.59 Å². The fraction of sp³-hybridized carbons (Fsp3) is 0.333. The lowest BCUT2D eigenvalue weighted by atomic mass is 10.2. The lowest BCUT2D eigenvalue weighted by Gasteiger charge is -2.03. The zero-order valence-electron chi connectivity index (χ0n) is 14.6. The van der Waals surface area contributed by atoms with E-state index in [2.05, 4.69) is 22.4 Å². The first-order valence-electron chi connectivity index (χ1n) is 8.39. The van der Waals surface area contributed by atoms with Gasteiger partial charge in [-0.15, -0.1) is 10.2 Å². The maximum absolute atomic E-state index is 12.0. The summed E-state index contributed by atoms with van der Waals surface area (Å²) in [7, 11) is 0. The molecule has 26 heavy (non-hydrogen) atoms. The predicted molar refractivity (Wildman–Crippen MR) is 102 cm³/mol. The highest BCUT2D eigenvalue weighted by Gasteiger charge is 2.06. The first-order chi connectivity index (χ1) is 12.6. The quantitative estimate of drug-likeness (QED) is 0.491. The molecule has 2 aromatic rings. The predicted octanol–water partition coefficient (Wildman–Crippen LogP) is 2.79. The molecule has 8 heteroatoms. The van der Waals surface area contributed by atoms with E-state index in [0.29, 0.717) is 10.9 Å². The Morgan fingerprint density at radius 1 is 1.23 bits per heavy atom. The van der Waals surface area contributed by atoms with Crippen LogP contribution in [0.25, 0.3) is 6.08 Å². The van der Waals surface area contributed by atoms with Gasteiger partial charge in [0.1, 0.15) is 10.8 Å². The van der Waals surface area contributed by atoms with Gasteiger partial charge in [-0.25, -0.2) is 0 Å². The molecule has 0 aliphatic heterocycles. The number of nitrogens with one attached hydrogen (secondary N) is 1. The number of rotatable bonds is 10. The minimum atomic E-state index is -0.532. The molecule has 2 amide bonds. The van der Waals surface area contributed by atoms with Crippen LogP contribution in [-0.2, 0) is 16.0 Å². The lowest BCUT2D eigenvalue weighted by Crippen LogP contribution is -2.19. The molecule has 3 N–H and O–H groups in total. The number of benzene rings is 1. The van der Waals surface area contributed by atoms with Gasteiger partial charge < -0.3 is 10.5 Å². The number of carbonyl (C=O) groups excluding carboxylic acids is 2. The van der Waals surface area contributed by atoms with Crippen molar-refractivity contribution < 1.29 is 14.3 Å². The second-order valence-corrected chi connectivity index (χ2v) is 6.67. The number of ether oxygens (including phenoxy) is 1. The molecule has 0 saturated carbocycles. The second kappa shape index (κ2) is 10.3. The number of carbonyl (C=O) groups is 2. The minimum Gasteiger partial charge on any atom is -0.484 e. The van der Waals surface area contributed by atoms with Crippen LogP contribution in [0, 0.1) is 0 Å². The average molecular weight is 374 g/mol. The number of hydrogen-bond acceptors (Lipinski definition) is 6. The molecule has 0 aliphatic carbocycles. The van der Waals surface area contributed by atoms with E-state index < -0.39 is 5.91 Å². The van der Waals surface area contributed by atoms with E-state index in [-0.39, 0.29) is 12.5 Å². The van der Waals surface area contributed by atoms with E-state index in [4.69, 9.17) is 10.5 Å². The zero-order chi connectivity index (χ0) is 18.8. The SMILES string of the molecule is CCCCCc1nnc(NC(=O)/C=C/c2ccc(OCC(N)=O)cc2)s1. The maximum atomic E-state index is 12.0. The lowest BCUT2D eigenvalue weighted by molar-refractivity contribution is -0.120. The van der Waals surface area contributed by atoms with E-state index in [1.807, 2.05) is 0 Å². The van der Waals surface area contributed by atoms with Gasteiger partial charge in [0.25, 0.3) is 5.91 Å². The fourth-order valence-electron chi connectivity index (χ4n) is 2.08. The molecule has 0 aliphatic rings. The minimum absolute atomic E-state index is 0.167. The summed E-state index contributed by atoms with van der Waals surface area (Å²) in [6, 6.07) is 6.95. The molecule has 0 unspecified atom stereocenters. The van der Waals surface area contributed by atoms with Gasteiger partial charge >= 0.3 is 0 Å². The van der Waals surface area contributed by atoms with Crippen LogP contribution >= 0.6 is 11.3 Å². The summed E-state index contributed by atoms with van der Waals surface area (Å²) in [5, 5.41) is 12.2. The summed E-state index contributed by atoms with van der Waals surface area (Å²) in [6.07, 6.45) is 7.40.